The highest BCUT2D eigenvalue weighted by Crippen LogP contribution is 2.30. The quantitative estimate of drug-likeness (QED) is 0.613. The number of nitrogens with one attached hydrogen (secondary N) is 1. The number of hydrogen-bond donors (Lipinski definition) is 1. The molecule has 7 heteroatoms. The predicted octanol–water partition coefficient (Wildman–Crippen LogP) is 4.11. The summed E-state index contributed by atoms with van der Waals surface area (Å²) < 4.78 is 10.4. The van der Waals surface area contributed by atoms with E-state index < -0.39 is 0 Å². The van der Waals surface area contributed by atoms with Crippen LogP contribution in [0.1, 0.15) is 16.1 Å². The zero-order chi connectivity index (χ0) is 15.8. The van der Waals surface area contributed by atoms with E-state index in [9.17, 15) is 4.79 Å². The number of benzene rings is 1. The van der Waals surface area contributed by atoms with E-state index in [1.165, 1.54) is 11.3 Å². The molecule has 0 spiro atoms. The van der Waals surface area contributed by atoms with Crippen LogP contribution >= 0.6 is 11.3 Å². The van der Waals surface area contributed by atoms with Crippen molar-refractivity contribution in [3.8, 4) is 10.6 Å². The number of furan rings is 1. The molecule has 0 saturated carbocycles. The topological polar surface area (TPSA) is 81.2 Å². The number of carbonyl (C=O) groups excluding carboxylic acids is 1. The Kier molecular flexibility index (Phi) is 3.20. The number of fused-ring (bicyclic) bond motifs is 1. The van der Waals surface area contributed by atoms with Crippen LogP contribution in [0.25, 0.3) is 21.5 Å². The van der Waals surface area contributed by atoms with Crippen molar-refractivity contribution < 1.29 is 13.8 Å². The molecule has 3 aromatic heterocycles. The lowest BCUT2D eigenvalue weighted by molar-refractivity contribution is 0.0997. The molecule has 1 N–H and O–H groups in total. The molecule has 0 aliphatic heterocycles. The molecule has 0 saturated heterocycles. The van der Waals surface area contributed by atoms with E-state index in [4.69, 9.17) is 9.05 Å². The second-order valence-electron chi connectivity index (χ2n) is 4.95. The molecule has 4 aromatic rings. The Labute approximate surface area is 134 Å². The Morgan fingerprint density at radius 3 is 2.83 bits per heavy atom. The average Bonchev–Trinajstić information content (AvgIpc) is 3.27. The highest BCUT2D eigenvalue weighted by atomic mass is 32.1. The van der Waals surface area contributed by atoms with Gasteiger partial charge in [-0.3, -0.25) is 10.1 Å². The fraction of sp³-hybridized carbons (Fsp3) is 0.0625. The van der Waals surface area contributed by atoms with E-state index in [1.54, 1.807) is 0 Å². The van der Waals surface area contributed by atoms with Gasteiger partial charge in [0.25, 0.3) is 5.91 Å². The van der Waals surface area contributed by atoms with E-state index in [0.29, 0.717) is 11.3 Å². The van der Waals surface area contributed by atoms with Crippen molar-refractivity contribution in [2.75, 3.05) is 5.32 Å². The Hall–Kier alpha value is -2.93. The number of aryl methyl sites for hydroxylation is 1. The van der Waals surface area contributed by atoms with Gasteiger partial charge in [0.2, 0.25) is 5.82 Å². The first-order chi connectivity index (χ1) is 11.2. The van der Waals surface area contributed by atoms with Gasteiger partial charge in [0.15, 0.2) is 11.5 Å². The molecule has 0 atom stereocenters. The molecular formula is C16H11N3O3S. The van der Waals surface area contributed by atoms with Gasteiger partial charge in [-0.05, 0) is 34.7 Å². The number of hydrogen-bond acceptors (Lipinski definition) is 6. The van der Waals surface area contributed by atoms with Crippen LogP contribution in [-0.4, -0.2) is 16.2 Å². The summed E-state index contributed by atoms with van der Waals surface area (Å²) in [6, 6.07) is 11.3. The first-order valence-electron chi connectivity index (χ1n) is 6.90. The first kappa shape index (κ1) is 13.7. The third-order valence-electron chi connectivity index (χ3n) is 3.52. The Balaban J connectivity index is 1.68. The van der Waals surface area contributed by atoms with Gasteiger partial charge >= 0.3 is 0 Å². The smallest absolute Gasteiger partial charge is 0.292 e. The number of aromatic nitrogens is 2. The minimum Gasteiger partial charge on any atom is -0.451 e. The lowest BCUT2D eigenvalue weighted by atomic mass is 10.1. The minimum atomic E-state index is -0.382. The van der Waals surface area contributed by atoms with E-state index >= 15 is 0 Å². The molecule has 0 aliphatic carbocycles. The number of anilines is 1. The third-order valence-corrected chi connectivity index (χ3v) is 4.40. The molecule has 1 amide bonds. The van der Waals surface area contributed by atoms with Crippen molar-refractivity contribution in [1.29, 1.82) is 0 Å². The maximum absolute atomic E-state index is 12.5. The van der Waals surface area contributed by atoms with Crippen molar-refractivity contribution >= 4 is 34.0 Å². The maximum Gasteiger partial charge on any atom is 0.292 e. The fourth-order valence-corrected chi connectivity index (χ4v) is 3.11. The van der Waals surface area contributed by atoms with Crippen molar-refractivity contribution in [1.82, 2.24) is 10.3 Å². The zero-order valence-electron chi connectivity index (χ0n) is 12.1. The summed E-state index contributed by atoms with van der Waals surface area (Å²) in [5.74, 6) is 0.149. The van der Waals surface area contributed by atoms with Gasteiger partial charge in [-0.25, -0.2) is 4.63 Å². The van der Waals surface area contributed by atoms with Crippen LogP contribution < -0.4 is 5.32 Å². The van der Waals surface area contributed by atoms with Crippen molar-refractivity contribution in [3.05, 3.63) is 53.1 Å². The van der Waals surface area contributed by atoms with Gasteiger partial charge in [0.05, 0.1) is 4.88 Å². The van der Waals surface area contributed by atoms with Crippen LogP contribution in [0.4, 0.5) is 5.82 Å². The molecule has 0 unspecified atom stereocenters. The summed E-state index contributed by atoms with van der Waals surface area (Å²) in [7, 11) is 0. The summed E-state index contributed by atoms with van der Waals surface area (Å²) in [5.41, 5.74) is 1.96. The summed E-state index contributed by atoms with van der Waals surface area (Å²) in [6.07, 6.45) is 0. The van der Waals surface area contributed by atoms with E-state index in [0.717, 1.165) is 15.8 Å². The van der Waals surface area contributed by atoms with Crippen LogP contribution in [-0.2, 0) is 0 Å². The molecule has 114 valence electrons. The van der Waals surface area contributed by atoms with E-state index in [2.05, 4.69) is 15.6 Å². The van der Waals surface area contributed by atoms with E-state index in [1.807, 2.05) is 48.7 Å². The van der Waals surface area contributed by atoms with Gasteiger partial charge in [-0.15, -0.1) is 11.3 Å². The molecule has 4 rings (SSSR count). The van der Waals surface area contributed by atoms with E-state index in [-0.39, 0.29) is 17.5 Å². The fourth-order valence-electron chi connectivity index (χ4n) is 2.40. The maximum atomic E-state index is 12.5. The Morgan fingerprint density at radius 1 is 1.17 bits per heavy atom. The second kappa shape index (κ2) is 5.36. The van der Waals surface area contributed by atoms with Crippen LogP contribution in [0.3, 0.4) is 0 Å². The molecule has 0 fully saturated rings. The largest absolute Gasteiger partial charge is 0.451 e. The van der Waals surface area contributed by atoms with Crippen LogP contribution in [0.5, 0.6) is 0 Å². The summed E-state index contributed by atoms with van der Waals surface area (Å²) >= 11 is 1.49. The predicted molar refractivity (Wildman–Crippen MR) is 86.5 cm³/mol. The molecule has 3 heterocycles. The highest BCUT2D eigenvalue weighted by molar-refractivity contribution is 7.13. The minimum absolute atomic E-state index is 0.256. The summed E-state index contributed by atoms with van der Waals surface area (Å²) in [6.45, 7) is 1.85. The average molecular weight is 325 g/mol. The number of rotatable bonds is 3. The number of nitrogens with zero attached hydrogens (tertiary/aromatic N) is 2. The SMILES string of the molecule is Cc1c(C(=O)Nc2nonc2-c2cccs2)oc2ccccc12. The lowest BCUT2D eigenvalue weighted by Gasteiger charge is -2.00. The highest BCUT2D eigenvalue weighted by Gasteiger charge is 2.21. The first-order valence-corrected chi connectivity index (χ1v) is 7.78. The molecular weight excluding hydrogens is 314 g/mol. The van der Waals surface area contributed by atoms with Crippen molar-refractivity contribution in [2.24, 2.45) is 0 Å². The Morgan fingerprint density at radius 2 is 2.04 bits per heavy atom. The van der Waals surface area contributed by atoms with Crippen molar-refractivity contribution in [2.45, 2.75) is 6.92 Å². The lowest BCUT2D eigenvalue weighted by Crippen LogP contribution is -2.13. The monoisotopic (exact) mass is 325 g/mol. The molecule has 0 radical (unpaired) electrons. The molecule has 6 nitrogen and oxygen atoms in total. The zero-order valence-corrected chi connectivity index (χ0v) is 12.9. The second-order valence-corrected chi connectivity index (χ2v) is 5.89. The van der Waals surface area contributed by atoms with Crippen LogP contribution in [0.2, 0.25) is 0 Å². The van der Waals surface area contributed by atoms with Gasteiger partial charge in [-0.2, -0.15) is 0 Å². The van der Waals surface area contributed by atoms with Gasteiger partial charge in [0, 0.05) is 10.9 Å². The standard InChI is InChI=1S/C16H11N3O3S/c1-9-10-5-2-3-6-11(10)21-14(9)16(20)17-15-13(18-22-19-15)12-7-4-8-23-12/h2-8H,1H3,(H,17,19,20). The van der Waals surface area contributed by atoms with Crippen LogP contribution in [0.15, 0.2) is 50.8 Å². The number of carbonyl (C=O) groups is 1. The molecule has 0 bridgehead atoms. The van der Waals surface area contributed by atoms with Gasteiger partial charge in [-0.1, -0.05) is 24.3 Å². The molecule has 1 aromatic carbocycles. The van der Waals surface area contributed by atoms with Gasteiger partial charge < -0.3 is 4.42 Å². The summed E-state index contributed by atoms with van der Waals surface area (Å²) in [5, 5.41) is 13.1. The molecule has 23 heavy (non-hydrogen) atoms. The van der Waals surface area contributed by atoms with Crippen LogP contribution in [0, 0.1) is 6.92 Å². The normalized spacial score (nSPS) is 11.0. The Bertz CT molecular complexity index is 985. The third kappa shape index (κ3) is 2.31. The van der Waals surface area contributed by atoms with Gasteiger partial charge in [0.1, 0.15) is 5.58 Å². The van der Waals surface area contributed by atoms with Crippen molar-refractivity contribution in [3.63, 3.8) is 0 Å². The number of para-hydroxylation sites is 1. The number of amides is 1. The molecule has 0 aliphatic rings. The number of thiophene rings is 1. The summed E-state index contributed by atoms with van der Waals surface area (Å²) in [4.78, 5) is 13.4.